The van der Waals surface area contributed by atoms with Crippen molar-refractivity contribution in [2.75, 3.05) is 69.6 Å². The third kappa shape index (κ3) is 7.38. The van der Waals surface area contributed by atoms with Crippen LogP contribution in [0.4, 0.5) is 23.1 Å². The Balaban J connectivity index is 1.54. The van der Waals surface area contributed by atoms with Gasteiger partial charge in [0.25, 0.3) is 0 Å². The van der Waals surface area contributed by atoms with Crippen LogP contribution in [0.2, 0.25) is 5.02 Å². The summed E-state index contributed by atoms with van der Waals surface area (Å²) in [4.78, 5) is 13.7. The molecule has 13 heteroatoms. The number of anilines is 4. The number of ether oxygens (including phenoxy) is 2. The molecule has 0 unspecified atom stereocenters. The van der Waals surface area contributed by atoms with Crippen LogP contribution in [0.3, 0.4) is 0 Å². The molecular weight excluding hydrogens is 530 g/mol. The quantitative estimate of drug-likeness (QED) is 0.302. The number of rotatable bonds is 11. The van der Waals surface area contributed by atoms with Gasteiger partial charge in [0.2, 0.25) is 16.8 Å². The third-order valence-corrected chi connectivity index (χ3v) is 7.99. The Labute approximate surface area is 231 Å². The molecular formula is C25H38ClN7O4S. The predicted octanol–water partition coefficient (Wildman–Crippen LogP) is 2.87. The fourth-order valence-corrected chi connectivity index (χ4v) is 5.69. The monoisotopic (exact) mass is 567 g/mol. The van der Waals surface area contributed by atoms with Gasteiger partial charge >= 0.3 is 0 Å². The van der Waals surface area contributed by atoms with Gasteiger partial charge in [0.1, 0.15) is 10.8 Å². The lowest BCUT2D eigenvalue weighted by atomic mass is 9.84. The minimum Gasteiger partial charge on any atom is -0.495 e. The van der Waals surface area contributed by atoms with E-state index in [0.29, 0.717) is 35.7 Å². The molecule has 1 aromatic carbocycles. The number of nitrogens with one attached hydrogen (secondary N) is 3. The van der Waals surface area contributed by atoms with Crippen LogP contribution < -0.4 is 25.0 Å². The van der Waals surface area contributed by atoms with E-state index in [-0.39, 0.29) is 12.0 Å². The molecule has 2 aliphatic rings. The molecule has 1 saturated carbocycles. The van der Waals surface area contributed by atoms with E-state index >= 15 is 0 Å². The minimum atomic E-state index is -2.63. The van der Waals surface area contributed by atoms with Crippen molar-refractivity contribution >= 4 is 45.6 Å². The third-order valence-electron chi connectivity index (χ3n) is 7.27. The number of aromatic nitrogens is 2. The molecule has 1 aliphatic carbocycles. The zero-order chi connectivity index (χ0) is 27.1. The molecule has 210 valence electrons. The van der Waals surface area contributed by atoms with Crippen molar-refractivity contribution in [2.45, 2.75) is 38.3 Å². The first-order chi connectivity index (χ1) is 18.4. The Morgan fingerprint density at radius 3 is 2.76 bits per heavy atom. The van der Waals surface area contributed by atoms with Crippen LogP contribution in [0, 0.1) is 5.92 Å². The summed E-state index contributed by atoms with van der Waals surface area (Å²) in [7, 11) is 2.84. The highest BCUT2D eigenvalue weighted by molar-refractivity contribution is 7.70. The Morgan fingerprint density at radius 1 is 1.18 bits per heavy atom. The molecule has 2 heterocycles. The molecule has 0 spiro atoms. The SMILES string of the molecule is COCCN1CCN(C)c2cc(Nc3ncc(Cl)c(N[C@@H]4CCCC[C@@H]4CN[SH](=O)=O)n3)c(OC)cc2C1. The molecule has 2 atom stereocenters. The van der Waals surface area contributed by atoms with Gasteiger partial charge in [0, 0.05) is 58.6 Å². The van der Waals surface area contributed by atoms with E-state index in [2.05, 4.69) is 54.3 Å². The van der Waals surface area contributed by atoms with E-state index in [0.717, 1.165) is 63.2 Å². The summed E-state index contributed by atoms with van der Waals surface area (Å²) >= 11 is 6.46. The molecule has 1 fully saturated rings. The summed E-state index contributed by atoms with van der Waals surface area (Å²) in [5.74, 6) is 1.76. The topological polar surface area (TPSA) is 121 Å². The van der Waals surface area contributed by atoms with E-state index in [1.165, 1.54) is 5.56 Å². The van der Waals surface area contributed by atoms with Crippen molar-refractivity contribution in [3.8, 4) is 5.75 Å². The van der Waals surface area contributed by atoms with Crippen LogP contribution in [0.1, 0.15) is 31.2 Å². The first-order valence-electron chi connectivity index (χ1n) is 12.9. The highest BCUT2D eigenvalue weighted by atomic mass is 35.5. The van der Waals surface area contributed by atoms with E-state index in [9.17, 15) is 8.42 Å². The van der Waals surface area contributed by atoms with Crippen molar-refractivity contribution in [2.24, 2.45) is 5.92 Å². The van der Waals surface area contributed by atoms with Crippen molar-refractivity contribution in [1.29, 1.82) is 0 Å². The molecule has 1 aromatic heterocycles. The van der Waals surface area contributed by atoms with E-state index in [1.54, 1.807) is 20.4 Å². The first kappa shape index (κ1) is 28.6. The first-order valence-corrected chi connectivity index (χ1v) is 14.5. The van der Waals surface area contributed by atoms with Gasteiger partial charge in [-0.15, -0.1) is 0 Å². The van der Waals surface area contributed by atoms with Gasteiger partial charge in [-0.25, -0.2) is 18.1 Å². The van der Waals surface area contributed by atoms with Crippen molar-refractivity contribution < 1.29 is 17.9 Å². The predicted molar refractivity (Wildman–Crippen MR) is 151 cm³/mol. The summed E-state index contributed by atoms with van der Waals surface area (Å²) in [5.41, 5.74) is 3.06. The molecule has 0 bridgehead atoms. The largest absolute Gasteiger partial charge is 0.495 e. The molecule has 4 rings (SSSR count). The zero-order valence-electron chi connectivity index (χ0n) is 22.2. The Kier molecular flexibility index (Phi) is 10.3. The number of likely N-dealkylation sites (N-methyl/N-ethyl adjacent to an activating group) is 1. The highest BCUT2D eigenvalue weighted by Crippen LogP contribution is 2.37. The molecule has 0 saturated heterocycles. The maximum absolute atomic E-state index is 11.1. The van der Waals surface area contributed by atoms with Crippen LogP contribution in [0.15, 0.2) is 18.3 Å². The molecule has 0 amide bonds. The summed E-state index contributed by atoms with van der Waals surface area (Å²) < 4.78 is 35.7. The number of nitrogens with zero attached hydrogens (tertiary/aromatic N) is 4. The number of hydrogen-bond donors (Lipinski definition) is 4. The smallest absolute Gasteiger partial charge is 0.229 e. The summed E-state index contributed by atoms with van der Waals surface area (Å²) in [6.45, 7) is 4.60. The van der Waals surface area contributed by atoms with Crippen LogP contribution in [0.5, 0.6) is 5.75 Å². The fourth-order valence-electron chi connectivity index (χ4n) is 5.16. The van der Waals surface area contributed by atoms with Gasteiger partial charge in [0.05, 0.1) is 25.6 Å². The maximum atomic E-state index is 11.1. The van der Waals surface area contributed by atoms with Gasteiger partial charge in [-0.05, 0) is 36.5 Å². The van der Waals surface area contributed by atoms with E-state index in [4.69, 9.17) is 21.1 Å². The molecule has 1 aliphatic heterocycles. The van der Waals surface area contributed by atoms with E-state index < -0.39 is 10.9 Å². The van der Waals surface area contributed by atoms with E-state index in [1.807, 2.05) is 0 Å². The van der Waals surface area contributed by atoms with Crippen LogP contribution in [-0.2, 0) is 22.2 Å². The van der Waals surface area contributed by atoms with Gasteiger partial charge in [0.15, 0.2) is 5.82 Å². The second kappa shape index (κ2) is 13.6. The Bertz CT molecular complexity index is 1160. The summed E-state index contributed by atoms with van der Waals surface area (Å²) in [6.07, 6.45) is 5.55. The standard InChI is InChI=1S/C25H38ClN7O4S/c1-32-8-9-33(10-11-36-2)16-18-12-23(37-3)21(13-22(18)32)30-25-27-15-19(26)24(31-25)29-20-7-5-4-6-17(20)14-28-38(34)35/h12-13,15,17,20,38H,4-11,14,16H2,1-3H3,(H,28,34,35)(H2,27,29,30,31)/t17-,20-/m1/s1. The van der Waals surface area contributed by atoms with Crippen LogP contribution >= 0.6 is 11.6 Å². The highest BCUT2D eigenvalue weighted by Gasteiger charge is 2.26. The molecule has 38 heavy (non-hydrogen) atoms. The maximum Gasteiger partial charge on any atom is 0.229 e. The second-order valence-corrected chi connectivity index (χ2v) is 11.0. The molecule has 3 N–H and O–H groups in total. The molecule has 0 radical (unpaired) electrons. The number of fused-ring (bicyclic) bond motifs is 1. The fraction of sp³-hybridized carbons (Fsp3) is 0.600. The molecule has 11 nitrogen and oxygen atoms in total. The van der Waals surface area contributed by atoms with Crippen LogP contribution in [0.25, 0.3) is 0 Å². The normalized spacial score (nSPS) is 20.2. The van der Waals surface area contributed by atoms with Crippen molar-refractivity contribution in [3.63, 3.8) is 0 Å². The Morgan fingerprint density at radius 2 is 2.00 bits per heavy atom. The lowest BCUT2D eigenvalue weighted by molar-refractivity contribution is 0.147. The average Bonchev–Trinajstić information content (AvgIpc) is 3.06. The van der Waals surface area contributed by atoms with Crippen LogP contribution in [-0.4, -0.2) is 83.4 Å². The summed E-state index contributed by atoms with van der Waals surface area (Å²) in [6, 6.07) is 4.20. The number of hydrogen-bond acceptors (Lipinski definition) is 10. The van der Waals surface area contributed by atoms with Gasteiger partial charge in [-0.2, -0.15) is 4.98 Å². The Hall–Kier alpha value is -2.38. The minimum absolute atomic E-state index is 0.0585. The lowest BCUT2D eigenvalue weighted by Crippen LogP contribution is -2.38. The zero-order valence-corrected chi connectivity index (χ0v) is 23.9. The number of halogens is 1. The summed E-state index contributed by atoms with van der Waals surface area (Å²) in [5, 5.41) is 7.18. The number of benzene rings is 1. The van der Waals surface area contributed by atoms with Crippen molar-refractivity contribution in [3.05, 3.63) is 28.9 Å². The molecule has 2 aromatic rings. The lowest BCUT2D eigenvalue weighted by Gasteiger charge is -2.32. The van der Waals surface area contributed by atoms with Crippen molar-refractivity contribution in [1.82, 2.24) is 19.6 Å². The van der Waals surface area contributed by atoms with Gasteiger partial charge < -0.3 is 25.0 Å². The van der Waals surface area contributed by atoms with Gasteiger partial charge in [-0.1, -0.05) is 24.4 Å². The average molecular weight is 568 g/mol. The van der Waals surface area contributed by atoms with Gasteiger partial charge in [-0.3, -0.25) is 4.90 Å². The number of thiol groups is 1. The number of methoxy groups -OCH3 is 2. The second-order valence-electron chi connectivity index (χ2n) is 9.80.